The van der Waals surface area contributed by atoms with Crippen molar-refractivity contribution in [3.8, 4) is 11.1 Å². The summed E-state index contributed by atoms with van der Waals surface area (Å²) in [4.78, 5) is 13.8. The molecule has 4 rings (SSSR count). The van der Waals surface area contributed by atoms with Gasteiger partial charge < -0.3 is 4.90 Å². The van der Waals surface area contributed by atoms with E-state index in [4.69, 9.17) is 0 Å². The van der Waals surface area contributed by atoms with Crippen molar-refractivity contribution < 1.29 is 4.79 Å². The van der Waals surface area contributed by atoms with E-state index >= 15 is 0 Å². The summed E-state index contributed by atoms with van der Waals surface area (Å²) in [6, 6.07) is 37.8. The van der Waals surface area contributed by atoms with Gasteiger partial charge >= 0.3 is 0 Å². The maximum absolute atomic E-state index is 11.5. The molecule has 0 heterocycles. The largest absolute Gasteiger partial charge is 0.311 e. The molecule has 4 aromatic rings. The number of hydrogen-bond donors (Lipinski definition) is 0. The Morgan fingerprint density at radius 2 is 1.13 bits per heavy atom. The van der Waals surface area contributed by atoms with Gasteiger partial charge in [-0.15, -0.1) is 0 Å². The third-order valence-corrected chi connectivity index (χ3v) is 5.33. The zero-order chi connectivity index (χ0) is 21.5. The molecule has 0 bridgehead atoms. The molecular weight excluding hydrogens is 378 g/mol. The number of benzene rings is 4. The lowest BCUT2D eigenvalue weighted by Crippen LogP contribution is -2.09. The Morgan fingerprint density at radius 1 is 0.645 bits per heavy atom. The Hall–Kier alpha value is -3.91. The van der Waals surface area contributed by atoms with Crippen LogP contribution in [-0.4, -0.2) is 5.78 Å². The fourth-order valence-electron chi connectivity index (χ4n) is 3.64. The van der Waals surface area contributed by atoms with Crippen LogP contribution in [0.3, 0.4) is 0 Å². The molecule has 2 nitrogen and oxygen atoms in total. The van der Waals surface area contributed by atoms with Crippen LogP contribution in [0.25, 0.3) is 11.1 Å². The van der Waals surface area contributed by atoms with Crippen LogP contribution in [0.15, 0.2) is 122 Å². The van der Waals surface area contributed by atoms with E-state index in [9.17, 15) is 4.79 Å². The number of rotatable bonds is 8. The average Bonchev–Trinajstić information content (AvgIpc) is 2.85. The molecule has 0 aliphatic carbocycles. The van der Waals surface area contributed by atoms with Crippen LogP contribution in [0.5, 0.6) is 0 Å². The van der Waals surface area contributed by atoms with Crippen LogP contribution in [0, 0.1) is 0 Å². The minimum Gasteiger partial charge on any atom is -0.311 e. The summed E-state index contributed by atoms with van der Waals surface area (Å²) < 4.78 is 0. The number of allylic oxidation sites excluding steroid dienone is 1. The average molecular weight is 404 g/mol. The first-order valence-electron chi connectivity index (χ1n) is 10.5. The normalized spacial score (nSPS) is 10.5. The van der Waals surface area contributed by atoms with Crippen LogP contribution < -0.4 is 4.90 Å². The molecular formula is C29H25NO. The summed E-state index contributed by atoms with van der Waals surface area (Å²) in [5, 5.41) is 0. The van der Waals surface area contributed by atoms with Crippen molar-refractivity contribution in [3.63, 3.8) is 0 Å². The lowest BCUT2D eigenvalue weighted by molar-refractivity contribution is -0.114. The van der Waals surface area contributed by atoms with Gasteiger partial charge in [0.1, 0.15) is 0 Å². The molecule has 0 aromatic heterocycles. The maximum atomic E-state index is 11.5. The van der Waals surface area contributed by atoms with E-state index in [1.165, 1.54) is 17.2 Å². The second-order valence-corrected chi connectivity index (χ2v) is 7.42. The van der Waals surface area contributed by atoms with Crippen molar-refractivity contribution in [3.05, 3.63) is 127 Å². The highest BCUT2D eigenvalue weighted by molar-refractivity contribution is 5.89. The Balaban J connectivity index is 1.64. The molecule has 152 valence electrons. The second kappa shape index (κ2) is 9.73. The quantitative estimate of drug-likeness (QED) is 0.284. The minimum absolute atomic E-state index is 0.0773. The lowest BCUT2D eigenvalue weighted by atomic mass is 10.0. The molecule has 0 saturated heterocycles. The molecule has 0 fully saturated rings. The first-order chi connectivity index (χ1) is 15.2. The number of ketones is 1. The zero-order valence-electron chi connectivity index (χ0n) is 17.4. The Morgan fingerprint density at radius 3 is 1.71 bits per heavy atom. The van der Waals surface area contributed by atoms with Crippen LogP contribution in [0.4, 0.5) is 17.1 Å². The van der Waals surface area contributed by atoms with E-state index < -0.39 is 0 Å². The minimum atomic E-state index is 0.0773. The highest BCUT2D eigenvalue weighted by Gasteiger charge is 2.12. The van der Waals surface area contributed by atoms with E-state index in [0.29, 0.717) is 6.42 Å². The van der Waals surface area contributed by atoms with Crippen molar-refractivity contribution in [2.24, 2.45) is 0 Å². The molecule has 0 amide bonds. The van der Waals surface area contributed by atoms with E-state index in [2.05, 4.69) is 109 Å². The van der Waals surface area contributed by atoms with Crippen LogP contribution in [0.2, 0.25) is 0 Å². The number of anilines is 3. The third kappa shape index (κ3) is 4.99. The van der Waals surface area contributed by atoms with Crippen molar-refractivity contribution in [1.29, 1.82) is 0 Å². The van der Waals surface area contributed by atoms with E-state index in [1.807, 2.05) is 12.1 Å². The smallest absolute Gasteiger partial charge is 0.155 e. The number of carbonyl (C=O) groups is 1. The second-order valence-electron chi connectivity index (χ2n) is 7.42. The summed E-state index contributed by atoms with van der Waals surface area (Å²) in [5.74, 6) is 0.0773. The molecule has 0 spiro atoms. The van der Waals surface area contributed by atoms with Gasteiger partial charge in [-0.2, -0.15) is 0 Å². The summed E-state index contributed by atoms with van der Waals surface area (Å²) in [6.07, 6.45) is 2.61. The van der Waals surface area contributed by atoms with E-state index in [0.717, 1.165) is 29.0 Å². The Labute approximate surface area is 184 Å². The fourth-order valence-corrected chi connectivity index (χ4v) is 3.64. The van der Waals surface area contributed by atoms with E-state index in [1.54, 1.807) is 0 Å². The van der Waals surface area contributed by atoms with Crippen LogP contribution >= 0.6 is 0 Å². The summed E-state index contributed by atoms with van der Waals surface area (Å²) in [6.45, 7) is 3.55. The summed E-state index contributed by atoms with van der Waals surface area (Å²) >= 11 is 0. The van der Waals surface area contributed by atoms with Gasteiger partial charge in [0.25, 0.3) is 0 Å². The third-order valence-electron chi connectivity index (χ3n) is 5.33. The number of aryl methyl sites for hydroxylation is 1. The van der Waals surface area contributed by atoms with Crippen molar-refractivity contribution in [2.75, 3.05) is 4.90 Å². The predicted octanol–water partition coefficient (Wildman–Crippen LogP) is 7.51. The molecule has 0 aliphatic rings. The van der Waals surface area contributed by atoms with Gasteiger partial charge in [-0.25, -0.2) is 0 Å². The van der Waals surface area contributed by atoms with E-state index in [-0.39, 0.29) is 5.78 Å². The van der Waals surface area contributed by atoms with Gasteiger partial charge in [-0.3, -0.25) is 4.79 Å². The van der Waals surface area contributed by atoms with Gasteiger partial charge in [-0.05, 0) is 65.6 Å². The monoisotopic (exact) mass is 403 g/mol. The SMILES string of the molecule is C=CC(=O)CCc1ccc(N(c2ccccc2)c2ccc(-c3ccccc3)cc2)cc1. The van der Waals surface area contributed by atoms with Gasteiger partial charge in [-0.1, -0.05) is 79.4 Å². The maximum Gasteiger partial charge on any atom is 0.155 e. The highest BCUT2D eigenvalue weighted by atomic mass is 16.1. The van der Waals surface area contributed by atoms with Crippen molar-refractivity contribution >= 4 is 22.8 Å². The molecule has 0 radical (unpaired) electrons. The van der Waals surface area contributed by atoms with Crippen molar-refractivity contribution in [2.45, 2.75) is 12.8 Å². The molecule has 0 atom stereocenters. The molecule has 31 heavy (non-hydrogen) atoms. The molecule has 0 unspecified atom stereocenters. The molecule has 4 aromatic carbocycles. The van der Waals surface area contributed by atoms with Crippen LogP contribution in [0.1, 0.15) is 12.0 Å². The van der Waals surface area contributed by atoms with Gasteiger partial charge in [0.05, 0.1) is 0 Å². The number of para-hydroxylation sites is 1. The fraction of sp³-hybridized carbons (Fsp3) is 0.0690. The van der Waals surface area contributed by atoms with Gasteiger partial charge in [0, 0.05) is 23.5 Å². The molecule has 0 N–H and O–H groups in total. The van der Waals surface area contributed by atoms with Crippen molar-refractivity contribution in [1.82, 2.24) is 0 Å². The Bertz CT molecular complexity index is 1130. The first-order valence-corrected chi connectivity index (χ1v) is 10.5. The zero-order valence-corrected chi connectivity index (χ0v) is 17.4. The predicted molar refractivity (Wildman–Crippen MR) is 130 cm³/mol. The van der Waals surface area contributed by atoms with Gasteiger partial charge in [0.15, 0.2) is 5.78 Å². The summed E-state index contributed by atoms with van der Waals surface area (Å²) in [5.41, 5.74) is 6.83. The molecule has 2 heteroatoms. The Kier molecular flexibility index (Phi) is 6.39. The first kappa shape index (κ1) is 20.4. The summed E-state index contributed by atoms with van der Waals surface area (Å²) in [7, 11) is 0. The molecule has 0 saturated carbocycles. The lowest BCUT2D eigenvalue weighted by Gasteiger charge is -2.26. The molecule has 0 aliphatic heterocycles. The van der Waals surface area contributed by atoms with Gasteiger partial charge in [0.2, 0.25) is 0 Å². The standard InChI is InChI=1S/C29H25NO/c1-2-29(31)22-15-23-13-18-27(19-14-23)30(26-11-7-4-8-12-26)28-20-16-25(17-21-28)24-9-5-3-6-10-24/h2-14,16-21H,1,15,22H2. The number of nitrogens with zero attached hydrogens (tertiary/aromatic N) is 1. The van der Waals surface area contributed by atoms with Crippen LogP contribution in [-0.2, 0) is 11.2 Å². The number of carbonyl (C=O) groups excluding carboxylic acids is 1. The topological polar surface area (TPSA) is 20.3 Å². The highest BCUT2D eigenvalue weighted by Crippen LogP contribution is 2.35. The number of hydrogen-bond acceptors (Lipinski definition) is 2.